The molecule has 0 aliphatic rings. The van der Waals surface area contributed by atoms with E-state index in [4.69, 9.17) is 5.53 Å². The molecule has 0 aromatic heterocycles. The van der Waals surface area contributed by atoms with Crippen molar-refractivity contribution in [3.63, 3.8) is 0 Å². The van der Waals surface area contributed by atoms with Gasteiger partial charge in [0.05, 0.1) is 11.0 Å². The van der Waals surface area contributed by atoms with Crippen molar-refractivity contribution in [1.82, 2.24) is 5.32 Å². The SMILES string of the molecule is CCC(CNC(=O)c1ccc([N+](=O)[O-])cc1)N=[N+]=[N-]. The van der Waals surface area contributed by atoms with E-state index in [-0.39, 0.29) is 24.2 Å². The Labute approximate surface area is 109 Å². The molecule has 1 aromatic rings. The van der Waals surface area contributed by atoms with E-state index < -0.39 is 4.92 Å². The van der Waals surface area contributed by atoms with Gasteiger partial charge in [-0.2, -0.15) is 0 Å². The molecule has 0 fully saturated rings. The van der Waals surface area contributed by atoms with Crippen molar-refractivity contribution in [3.8, 4) is 0 Å². The molecule has 0 radical (unpaired) electrons. The number of hydrogen-bond donors (Lipinski definition) is 1. The fourth-order valence-corrected chi connectivity index (χ4v) is 1.39. The predicted molar refractivity (Wildman–Crippen MR) is 68.7 cm³/mol. The van der Waals surface area contributed by atoms with E-state index in [2.05, 4.69) is 15.3 Å². The molecule has 0 heterocycles. The molecular weight excluding hydrogens is 250 g/mol. The van der Waals surface area contributed by atoms with Crippen molar-refractivity contribution in [1.29, 1.82) is 0 Å². The average Bonchev–Trinajstić information content (AvgIpc) is 2.43. The third-order valence-electron chi connectivity index (χ3n) is 2.52. The van der Waals surface area contributed by atoms with Gasteiger partial charge in [-0.05, 0) is 24.1 Å². The molecule has 0 spiro atoms. The van der Waals surface area contributed by atoms with Gasteiger partial charge in [-0.25, -0.2) is 0 Å². The smallest absolute Gasteiger partial charge is 0.269 e. The molecule has 1 rings (SSSR count). The fourth-order valence-electron chi connectivity index (χ4n) is 1.39. The molecule has 1 unspecified atom stereocenters. The Morgan fingerprint density at radius 2 is 2.16 bits per heavy atom. The highest BCUT2D eigenvalue weighted by Crippen LogP contribution is 2.11. The summed E-state index contributed by atoms with van der Waals surface area (Å²) in [5.74, 6) is -0.360. The number of rotatable bonds is 6. The van der Waals surface area contributed by atoms with Crippen LogP contribution in [-0.2, 0) is 0 Å². The zero-order valence-electron chi connectivity index (χ0n) is 10.3. The Balaban J connectivity index is 2.63. The molecule has 8 heteroatoms. The quantitative estimate of drug-likeness (QED) is 0.279. The number of nitro benzene ring substituents is 1. The minimum atomic E-state index is -0.531. The number of nitrogens with one attached hydrogen (secondary N) is 1. The van der Waals surface area contributed by atoms with Crippen LogP contribution in [0.2, 0.25) is 0 Å². The maximum absolute atomic E-state index is 11.7. The van der Waals surface area contributed by atoms with Crippen LogP contribution < -0.4 is 5.32 Å². The molecule has 0 bridgehead atoms. The lowest BCUT2D eigenvalue weighted by molar-refractivity contribution is -0.384. The number of benzene rings is 1. The summed E-state index contributed by atoms with van der Waals surface area (Å²) in [6, 6.07) is 4.98. The number of carbonyl (C=O) groups is 1. The maximum Gasteiger partial charge on any atom is 0.269 e. The summed E-state index contributed by atoms with van der Waals surface area (Å²) in [4.78, 5) is 24.4. The van der Waals surface area contributed by atoms with Crippen LogP contribution in [0.25, 0.3) is 10.4 Å². The van der Waals surface area contributed by atoms with E-state index in [1.165, 1.54) is 24.3 Å². The standard InChI is InChI=1S/C11H13N5O3/c1-2-9(14-15-12)7-13-11(17)8-3-5-10(6-4-8)16(18)19/h3-6,9H,2,7H2,1H3,(H,13,17). The molecule has 0 aliphatic carbocycles. The van der Waals surface area contributed by atoms with Gasteiger partial charge in [0.2, 0.25) is 0 Å². The first-order valence-corrected chi connectivity index (χ1v) is 5.65. The second kappa shape index (κ2) is 6.97. The first-order valence-electron chi connectivity index (χ1n) is 5.65. The topological polar surface area (TPSA) is 121 Å². The van der Waals surface area contributed by atoms with Crippen LogP contribution in [0.4, 0.5) is 5.69 Å². The monoisotopic (exact) mass is 263 g/mol. The van der Waals surface area contributed by atoms with Gasteiger partial charge in [-0.1, -0.05) is 12.0 Å². The van der Waals surface area contributed by atoms with E-state index in [1.54, 1.807) is 0 Å². The molecule has 0 aliphatic heterocycles. The number of non-ortho nitro benzene ring substituents is 1. The zero-order valence-corrected chi connectivity index (χ0v) is 10.3. The minimum absolute atomic E-state index is 0.0722. The Morgan fingerprint density at radius 1 is 1.53 bits per heavy atom. The van der Waals surface area contributed by atoms with E-state index in [0.29, 0.717) is 12.0 Å². The molecule has 19 heavy (non-hydrogen) atoms. The summed E-state index contributed by atoms with van der Waals surface area (Å²) in [5.41, 5.74) is 8.56. The Bertz CT molecular complexity index is 508. The Kier molecular flexibility index (Phi) is 5.31. The summed E-state index contributed by atoms with van der Waals surface area (Å²) < 4.78 is 0. The number of azide groups is 1. The lowest BCUT2D eigenvalue weighted by Crippen LogP contribution is -2.30. The molecule has 0 saturated heterocycles. The number of carbonyl (C=O) groups excluding carboxylic acids is 1. The highest BCUT2D eigenvalue weighted by atomic mass is 16.6. The summed E-state index contributed by atoms with van der Waals surface area (Å²) in [6.45, 7) is 2.08. The Morgan fingerprint density at radius 3 is 2.63 bits per heavy atom. The van der Waals surface area contributed by atoms with Crippen LogP contribution in [0.15, 0.2) is 29.4 Å². The van der Waals surface area contributed by atoms with Crippen molar-refractivity contribution < 1.29 is 9.72 Å². The van der Waals surface area contributed by atoms with Crippen molar-refractivity contribution in [2.75, 3.05) is 6.54 Å². The highest BCUT2D eigenvalue weighted by molar-refractivity contribution is 5.94. The fraction of sp³-hybridized carbons (Fsp3) is 0.364. The van der Waals surface area contributed by atoms with Crippen molar-refractivity contribution in [2.45, 2.75) is 19.4 Å². The van der Waals surface area contributed by atoms with Crippen LogP contribution in [0.3, 0.4) is 0 Å². The lowest BCUT2D eigenvalue weighted by atomic mass is 10.2. The zero-order chi connectivity index (χ0) is 14.3. The Hall–Kier alpha value is -2.60. The van der Waals surface area contributed by atoms with Gasteiger partial charge in [0, 0.05) is 29.2 Å². The molecule has 0 saturated carbocycles. The van der Waals surface area contributed by atoms with Gasteiger partial charge in [-0.3, -0.25) is 14.9 Å². The van der Waals surface area contributed by atoms with Crippen LogP contribution in [0, 0.1) is 10.1 Å². The minimum Gasteiger partial charge on any atom is -0.352 e. The molecule has 1 atom stereocenters. The predicted octanol–water partition coefficient (Wildman–Crippen LogP) is 2.41. The van der Waals surface area contributed by atoms with Gasteiger partial charge in [-0.15, -0.1) is 0 Å². The molecule has 1 amide bonds. The van der Waals surface area contributed by atoms with E-state index in [1.807, 2.05) is 6.92 Å². The van der Waals surface area contributed by atoms with Crippen molar-refractivity contribution in [2.24, 2.45) is 5.11 Å². The van der Waals surface area contributed by atoms with E-state index in [0.717, 1.165) is 0 Å². The summed E-state index contributed by atoms with van der Waals surface area (Å²) in [5, 5.41) is 16.6. The molecule has 8 nitrogen and oxygen atoms in total. The van der Waals surface area contributed by atoms with Gasteiger partial charge >= 0.3 is 0 Å². The normalized spacial score (nSPS) is 11.2. The number of hydrogen-bond acceptors (Lipinski definition) is 4. The second-order valence-corrected chi connectivity index (χ2v) is 3.78. The van der Waals surface area contributed by atoms with Gasteiger partial charge < -0.3 is 5.32 Å². The van der Waals surface area contributed by atoms with Gasteiger partial charge in [0.25, 0.3) is 11.6 Å². The van der Waals surface area contributed by atoms with Crippen molar-refractivity contribution >= 4 is 11.6 Å². The summed E-state index contributed by atoms with van der Waals surface area (Å²) in [6.07, 6.45) is 0.616. The van der Waals surface area contributed by atoms with Crippen LogP contribution >= 0.6 is 0 Å². The summed E-state index contributed by atoms with van der Waals surface area (Å²) >= 11 is 0. The molecule has 100 valence electrons. The lowest BCUT2D eigenvalue weighted by Gasteiger charge is -2.09. The average molecular weight is 263 g/mol. The van der Waals surface area contributed by atoms with Crippen molar-refractivity contribution in [3.05, 3.63) is 50.4 Å². The second-order valence-electron chi connectivity index (χ2n) is 3.78. The first kappa shape index (κ1) is 14.5. The van der Waals surface area contributed by atoms with Gasteiger partial charge in [0.15, 0.2) is 0 Å². The third kappa shape index (κ3) is 4.29. The first-order chi connectivity index (χ1) is 9.08. The molecular formula is C11H13N5O3. The largest absolute Gasteiger partial charge is 0.352 e. The van der Waals surface area contributed by atoms with Crippen LogP contribution in [0.1, 0.15) is 23.7 Å². The number of amides is 1. The molecule has 1 N–H and O–H groups in total. The number of nitrogens with zero attached hydrogens (tertiary/aromatic N) is 4. The van der Waals surface area contributed by atoms with E-state index in [9.17, 15) is 14.9 Å². The summed E-state index contributed by atoms with van der Waals surface area (Å²) in [7, 11) is 0. The number of nitro groups is 1. The van der Waals surface area contributed by atoms with Gasteiger partial charge in [0.1, 0.15) is 0 Å². The maximum atomic E-state index is 11.7. The molecule has 1 aromatic carbocycles. The van der Waals surface area contributed by atoms with Crippen LogP contribution in [-0.4, -0.2) is 23.4 Å². The highest BCUT2D eigenvalue weighted by Gasteiger charge is 2.10. The van der Waals surface area contributed by atoms with Crippen LogP contribution in [0.5, 0.6) is 0 Å². The van der Waals surface area contributed by atoms with E-state index >= 15 is 0 Å². The third-order valence-corrected chi connectivity index (χ3v) is 2.52.